The number of carbonyl (C=O) groups is 2. The highest BCUT2D eigenvalue weighted by Crippen LogP contribution is 2.26. The second-order valence-corrected chi connectivity index (χ2v) is 6.99. The molecule has 29 heavy (non-hydrogen) atoms. The average molecular weight is 410 g/mol. The van der Waals surface area contributed by atoms with Gasteiger partial charge in [-0.3, -0.25) is 4.79 Å². The first kappa shape index (κ1) is 20.5. The number of aromatic nitrogens is 1. The summed E-state index contributed by atoms with van der Waals surface area (Å²) in [5.74, 6) is 0.204. The summed E-state index contributed by atoms with van der Waals surface area (Å²) in [5.41, 5.74) is 2.61. The Morgan fingerprint density at radius 2 is 1.86 bits per heavy atom. The van der Waals surface area contributed by atoms with Crippen molar-refractivity contribution in [3.63, 3.8) is 0 Å². The Morgan fingerprint density at radius 3 is 2.59 bits per heavy atom. The van der Waals surface area contributed by atoms with Gasteiger partial charge in [0.05, 0.1) is 30.9 Å². The Balaban J connectivity index is 1.62. The molecule has 3 aromatic rings. The van der Waals surface area contributed by atoms with Crippen molar-refractivity contribution in [2.24, 2.45) is 0 Å². The molecule has 7 heteroatoms. The number of hydrogen-bond donors (Lipinski definition) is 1. The van der Waals surface area contributed by atoms with Crippen molar-refractivity contribution in [3.8, 4) is 16.3 Å². The summed E-state index contributed by atoms with van der Waals surface area (Å²) in [4.78, 5) is 28.7. The number of amides is 1. The van der Waals surface area contributed by atoms with E-state index in [-0.39, 0.29) is 12.3 Å². The van der Waals surface area contributed by atoms with Gasteiger partial charge in [0.1, 0.15) is 10.8 Å². The van der Waals surface area contributed by atoms with E-state index in [4.69, 9.17) is 9.47 Å². The molecule has 0 saturated carbocycles. The summed E-state index contributed by atoms with van der Waals surface area (Å²) in [6, 6.07) is 14.4. The van der Waals surface area contributed by atoms with E-state index in [9.17, 15) is 9.59 Å². The molecule has 150 valence electrons. The smallest absolute Gasteiger partial charge is 0.338 e. The molecule has 0 radical (unpaired) electrons. The number of carbonyl (C=O) groups excluding carboxylic acids is 2. The van der Waals surface area contributed by atoms with Gasteiger partial charge in [0.2, 0.25) is 5.91 Å². The van der Waals surface area contributed by atoms with Crippen LogP contribution in [-0.4, -0.2) is 30.1 Å². The fourth-order valence-corrected chi connectivity index (χ4v) is 3.52. The molecule has 0 fully saturated rings. The van der Waals surface area contributed by atoms with Gasteiger partial charge in [0, 0.05) is 16.6 Å². The van der Waals surface area contributed by atoms with Crippen LogP contribution in [0, 0.1) is 0 Å². The Labute approximate surface area is 173 Å². The molecule has 3 rings (SSSR count). The molecular weight excluding hydrogens is 388 g/mol. The maximum atomic E-state index is 12.4. The second-order valence-electron chi connectivity index (χ2n) is 6.13. The molecule has 2 aromatic carbocycles. The quantitative estimate of drug-likeness (QED) is 0.551. The van der Waals surface area contributed by atoms with Gasteiger partial charge in [-0.2, -0.15) is 0 Å². The van der Waals surface area contributed by atoms with E-state index in [1.165, 1.54) is 11.3 Å². The Bertz CT molecular complexity index is 982. The summed E-state index contributed by atoms with van der Waals surface area (Å²) >= 11 is 1.49. The maximum Gasteiger partial charge on any atom is 0.338 e. The minimum Gasteiger partial charge on any atom is -0.494 e. The molecule has 0 aliphatic rings. The van der Waals surface area contributed by atoms with Crippen LogP contribution >= 0.6 is 11.3 Å². The number of esters is 1. The summed E-state index contributed by atoms with van der Waals surface area (Å²) in [7, 11) is 0. The zero-order valence-corrected chi connectivity index (χ0v) is 17.1. The standard InChI is InChI=1S/C22H22N2O4S/c1-3-27-19-10-8-15(9-11-19)21-24-18(14-29-21)13-20(25)23-17-7-5-6-16(12-17)22(26)28-4-2/h5-12,14H,3-4,13H2,1-2H3,(H,23,25). The fraction of sp³-hybridized carbons (Fsp3) is 0.227. The molecule has 0 spiro atoms. The number of nitrogens with one attached hydrogen (secondary N) is 1. The molecule has 0 unspecified atom stereocenters. The monoisotopic (exact) mass is 410 g/mol. The molecule has 1 aromatic heterocycles. The Hall–Kier alpha value is -3.19. The van der Waals surface area contributed by atoms with E-state index in [0.717, 1.165) is 16.3 Å². The Morgan fingerprint density at radius 1 is 1.07 bits per heavy atom. The van der Waals surface area contributed by atoms with E-state index < -0.39 is 5.97 Å². The first-order valence-corrected chi connectivity index (χ1v) is 10.2. The third kappa shape index (κ3) is 5.65. The van der Waals surface area contributed by atoms with Crippen LogP contribution in [-0.2, 0) is 16.0 Å². The predicted octanol–water partition coefficient (Wildman–Crippen LogP) is 4.57. The normalized spacial score (nSPS) is 10.4. The number of anilines is 1. The third-order valence-electron chi connectivity index (χ3n) is 3.96. The summed E-state index contributed by atoms with van der Waals surface area (Å²) < 4.78 is 10.4. The van der Waals surface area contributed by atoms with Crippen molar-refractivity contribution in [1.29, 1.82) is 0 Å². The maximum absolute atomic E-state index is 12.4. The first-order valence-electron chi connectivity index (χ1n) is 9.33. The minimum absolute atomic E-state index is 0.150. The average Bonchev–Trinajstić information content (AvgIpc) is 3.17. The lowest BCUT2D eigenvalue weighted by atomic mass is 10.2. The van der Waals surface area contributed by atoms with Crippen molar-refractivity contribution >= 4 is 28.9 Å². The van der Waals surface area contributed by atoms with E-state index in [1.807, 2.05) is 36.6 Å². The Kier molecular flexibility index (Phi) is 6.97. The minimum atomic E-state index is -0.414. The van der Waals surface area contributed by atoms with Crippen LogP contribution in [0.1, 0.15) is 29.9 Å². The van der Waals surface area contributed by atoms with Gasteiger partial charge >= 0.3 is 5.97 Å². The number of hydrogen-bond acceptors (Lipinski definition) is 6. The first-order chi connectivity index (χ1) is 14.1. The van der Waals surface area contributed by atoms with E-state index >= 15 is 0 Å². The molecule has 0 bridgehead atoms. The van der Waals surface area contributed by atoms with Crippen LogP contribution in [0.15, 0.2) is 53.9 Å². The number of thiazole rings is 1. The largest absolute Gasteiger partial charge is 0.494 e. The number of benzene rings is 2. The summed E-state index contributed by atoms with van der Waals surface area (Å²) in [6.45, 7) is 4.62. The highest BCUT2D eigenvalue weighted by atomic mass is 32.1. The second kappa shape index (κ2) is 9.84. The topological polar surface area (TPSA) is 77.5 Å². The fourth-order valence-electron chi connectivity index (χ4n) is 2.69. The predicted molar refractivity (Wildman–Crippen MR) is 113 cm³/mol. The van der Waals surface area contributed by atoms with Gasteiger partial charge in [-0.05, 0) is 56.3 Å². The van der Waals surface area contributed by atoms with Gasteiger partial charge in [-0.25, -0.2) is 9.78 Å². The SMILES string of the molecule is CCOC(=O)c1cccc(NC(=O)Cc2csc(-c3ccc(OCC)cc3)n2)c1. The van der Waals surface area contributed by atoms with Crippen LogP contribution in [0.5, 0.6) is 5.75 Å². The van der Waals surface area contributed by atoms with Crippen LogP contribution in [0.2, 0.25) is 0 Å². The lowest BCUT2D eigenvalue weighted by Crippen LogP contribution is -2.15. The van der Waals surface area contributed by atoms with E-state index in [1.54, 1.807) is 31.2 Å². The van der Waals surface area contributed by atoms with Crippen molar-refractivity contribution in [2.75, 3.05) is 18.5 Å². The van der Waals surface area contributed by atoms with Crippen LogP contribution in [0.3, 0.4) is 0 Å². The molecular formula is C22H22N2O4S. The number of rotatable bonds is 8. The highest BCUT2D eigenvalue weighted by Gasteiger charge is 2.11. The van der Waals surface area contributed by atoms with E-state index in [0.29, 0.717) is 30.2 Å². The van der Waals surface area contributed by atoms with Gasteiger partial charge in [-0.1, -0.05) is 6.07 Å². The van der Waals surface area contributed by atoms with Crippen LogP contribution < -0.4 is 10.1 Å². The van der Waals surface area contributed by atoms with Crippen LogP contribution in [0.25, 0.3) is 10.6 Å². The zero-order chi connectivity index (χ0) is 20.6. The zero-order valence-electron chi connectivity index (χ0n) is 16.3. The summed E-state index contributed by atoms with van der Waals surface area (Å²) in [5, 5.41) is 5.52. The van der Waals surface area contributed by atoms with Crippen molar-refractivity contribution < 1.29 is 19.1 Å². The molecule has 0 aliphatic carbocycles. The van der Waals surface area contributed by atoms with Gasteiger partial charge in [0.15, 0.2) is 0 Å². The van der Waals surface area contributed by atoms with Gasteiger partial charge < -0.3 is 14.8 Å². The molecule has 1 heterocycles. The van der Waals surface area contributed by atoms with Crippen molar-refractivity contribution in [1.82, 2.24) is 4.98 Å². The van der Waals surface area contributed by atoms with Gasteiger partial charge in [-0.15, -0.1) is 11.3 Å². The summed E-state index contributed by atoms with van der Waals surface area (Å²) in [6.07, 6.45) is 0.150. The highest BCUT2D eigenvalue weighted by molar-refractivity contribution is 7.13. The number of ether oxygens (including phenoxy) is 2. The van der Waals surface area contributed by atoms with Crippen molar-refractivity contribution in [2.45, 2.75) is 20.3 Å². The molecule has 6 nitrogen and oxygen atoms in total. The number of nitrogens with zero attached hydrogens (tertiary/aromatic N) is 1. The van der Waals surface area contributed by atoms with Gasteiger partial charge in [0.25, 0.3) is 0 Å². The third-order valence-corrected chi connectivity index (χ3v) is 4.90. The molecule has 1 amide bonds. The van der Waals surface area contributed by atoms with Crippen LogP contribution in [0.4, 0.5) is 5.69 Å². The lowest BCUT2D eigenvalue weighted by molar-refractivity contribution is -0.115. The van der Waals surface area contributed by atoms with E-state index in [2.05, 4.69) is 10.3 Å². The van der Waals surface area contributed by atoms with Crippen molar-refractivity contribution in [3.05, 3.63) is 65.2 Å². The molecule has 1 N–H and O–H groups in total. The molecule has 0 aliphatic heterocycles. The molecule has 0 saturated heterocycles. The molecule has 0 atom stereocenters. The lowest BCUT2D eigenvalue weighted by Gasteiger charge is -2.06.